The monoisotopic (exact) mass is 484 g/mol. The van der Waals surface area contributed by atoms with Crippen molar-refractivity contribution >= 4 is 38.9 Å². The van der Waals surface area contributed by atoms with Gasteiger partial charge in [0.1, 0.15) is 11.5 Å². The fourth-order valence-corrected chi connectivity index (χ4v) is 5.02. The first-order chi connectivity index (χ1) is 16.8. The zero-order valence-corrected chi connectivity index (χ0v) is 19.7. The van der Waals surface area contributed by atoms with E-state index in [0.29, 0.717) is 17.1 Å². The number of nitrogens with two attached hydrogens (primary N) is 1. The number of anilines is 1. The number of amides is 2. The van der Waals surface area contributed by atoms with E-state index in [-0.39, 0.29) is 17.3 Å². The predicted molar refractivity (Wildman–Crippen MR) is 135 cm³/mol. The number of nitrogens with zero attached hydrogens (tertiary/aromatic N) is 4. The summed E-state index contributed by atoms with van der Waals surface area (Å²) in [4.78, 5) is 42.0. The Morgan fingerprint density at radius 1 is 1.06 bits per heavy atom. The topological polar surface area (TPSA) is 125 Å². The molecule has 5 aromatic rings. The van der Waals surface area contributed by atoms with Gasteiger partial charge >= 0.3 is 5.69 Å². The summed E-state index contributed by atoms with van der Waals surface area (Å²) in [7, 11) is 1.62. The minimum atomic E-state index is -0.571. The molecule has 3 N–H and O–H groups in total. The van der Waals surface area contributed by atoms with Crippen LogP contribution in [-0.4, -0.2) is 31.1 Å². The fourth-order valence-electron chi connectivity index (χ4n) is 3.87. The summed E-state index contributed by atoms with van der Waals surface area (Å²) in [5.74, 6) is -0.346. The van der Waals surface area contributed by atoms with E-state index in [1.807, 2.05) is 36.4 Å². The maximum absolute atomic E-state index is 13.0. The van der Waals surface area contributed by atoms with E-state index in [2.05, 4.69) is 15.4 Å². The fraction of sp³-hybridized carbons (Fsp3) is 0.0800. The first kappa shape index (κ1) is 22.2. The van der Waals surface area contributed by atoms with Crippen LogP contribution in [0.5, 0.6) is 0 Å². The zero-order valence-electron chi connectivity index (χ0n) is 18.9. The summed E-state index contributed by atoms with van der Waals surface area (Å²) in [6.45, 7) is 1.78. The van der Waals surface area contributed by atoms with Gasteiger partial charge in [-0.3, -0.25) is 9.59 Å². The smallest absolute Gasteiger partial charge is 0.350 e. The minimum Gasteiger partial charge on any atom is -0.366 e. The Hall–Kier alpha value is -4.57. The molecule has 0 saturated carbocycles. The second-order valence-corrected chi connectivity index (χ2v) is 8.98. The zero-order chi connectivity index (χ0) is 24.7. The molecule has 5 rings (SSSR count). The van der Waals surface area contributed by atoms with Gasteiger partial charge in [0.05, 0.1) is 10.4 Å². The van der Waals surface area contributed by atoms with Crippen LogP contribution in [-0.2, 0) is 7.05 Å². The number of hydrogen-bond acceptors (Lipinski definition) is 6. The van der Waals surface area contributed by atoms with Gasteiger partial charge in [0.25, 0.3) is 5.91 Å². The van der Waals surface area contributed by atoms with Gasteiger partial charge in [-0.1, -0.05) is 18.2 Å². The van der Waals surface area contributed by atoms with Crippen LogP contribution in [0.2, 0.25) is 0 Å². The minimum absolute atomic E-state index is 0.208. The SMILES string of the molecule is Cc1nn(C)c(=O)n1-c1ccc(-c2cc3ccnc(C(=O)Nc4cccc(C(N)=O)c4)c3s2)cc1. The normalized spacial score (nSPS) is 11.0. The van der Waals surface area contributed by atoms with Crippen LogP contribution in [0.15, 0.2) is 71.7 Å². The highest BCUT2D eigenvalue weighted by Crippen LogP contribution is 2.35. The number of rotatable bonds is 5. The summed E-state index contributed by atoms with van der Waals surface area (Å²) in [6, 6.07) is 17.9. The van der Waals surface area contributed by atoms with Gasteiger partial charge < -0.3 is 11.1 Å². The standard InChI is InChI=1S/C25H20N6O3S/c1-14-29-30(2)25(34)31(14)19-8-6-15(7-9-19)20-13-16-10-11-27-21(22(16)35-20)24(33)28-18-5-3-4-17(12-18)23(26)32/h3-13H,1-2H3,(H2,26,32)(H,28,33). The number of nitrogens with one attached hydrogen (secondary N) is 1. The van der Waals surface area contributed by atoms with E-state index in [1.165, 1.54) is 22.1 Å². The molecular formula is C25H20N6O3S. The third-order valence-corrected chi connectivity index (χ3v) is 6.76. The Bertz CT molecular complexity index is 1660. The van der Waals surface area contributed by atoms with Gasteiger partial charge in [0.2, 0.25) is 5.91 Å². The third-order valence-electron chi connectivity index (χ3n) is 5.55. The number of thiophene rings is 1. The molecule has 0 spiro atoms. The van der Waals surface area contributed by atoms with Gasteiger partial charge in [-0.15, -0.1) is 11.3 Å². The van der Waals surface area contributed by atoms with E-state index < -0.39 is 5.91 Å². The average molecular weight is 485 g/mol. The Balaban J connectivity index is 1.46. The maximum atomic E-state index is 13.0. The lowest BCUT2D eigenvalue weighted by Crippen LogP contribution is -2.21. The lowest BCUT2D eigenvalue weighted by molar-refractivity contribution is 0.0996. The summed E-state index contributed by atoms with van der Waals surface area (Å²) in [6.07, 6.45) is 1.59. The van der Waals surface area contributed by atoms with Crippen molar-refractivity contribution < 1.29 is 9.59 Å². The van der Waals surface area contributed by atoms with Gasteiger partial charge in [-0.25, -0.2) is 19.0 Å². The van der Waals surface area contributed by atoms with Crippen LogP contribution in [0, 0.1) is 6.92 Å². The first-order valence-corrected chi connectivity index (χ1v) is 11.5. The predicted octanol–water partition coefficient (Wildman–Crippen LogP) is 3.51. The van der Waals surface area contributed by atoms with Crippen molar-refractivity contribution in [2.45, 2.75) is 6.92 Å². The molecular weight excluding hydrogens is 464 g/mol. The van der Waals surface area contributed by atoms with Crippen molar-refractivity contribution in [1.29, 1.82) is 0 Å². The van der Waals surface area contributed by atoms with E-state index in [9.17, 15) is 14.4 Å². The van der Waals surface area contributed by atoms with Gasteiger partial charge in [-0.2, -0.15) is 5.10 Å². The van der Waals surface area contributed by atoms with E-state index in [0.717, 1.165) is 26.2 Å². The molecule has 0 aliphatic carbocycles. The number of carbonyl (C=O) groups is 2. The second-order valence-electron chi connectivity index (χ2n) is 7.92. The van der Waals surface area contributed by atoms with Crippen molar-refractivity contribution in [2.75, 3.05) is 5.32 Å². The van der Waals surface area contributed by atoms with Gasteiger partial charge in [0, 0.05) is 29.4 Å². The second kappa shape index (κ2) is 8.65. The van der Waals surface area contributed by atoms with Crippen LogP contribution in [0.3, 0.4) is 0 Å². The number of aromatic nitrogens is 4. The first-order valence-electron chi connectivity index (χ1n) is 10.6. The van der Waals surface area contributed by atoms with Crippen LogP contribution in [0.25, 0.3) is 26.2 Å². The van der Waals surface area contributed by atoms with Crippen molar-refractivity contribution in [3.8, 4) is 16.1 Å². The highest BCUT2D eigenvalue weighted by Gasteiger charge is 2.16. The Morgan fingerprint density at radius 3 is 2.51 bits per heavy atom. The highest BCUT2D eigenvalue weighted by molar-refractivity contribution is 7.22. The summed E-state index contributed by atoms with van der Waals surface area (Å²) < 4.78 is 3.60. The van der Waals surface area contributed by atoms with Gasteiger partial charge in [0.15, 0.2) is 0 Å². The lowest BCUT2D eigenvalue weighted by atomic mass is 10.1. The maximum Gasteiger partial charge on any atom is 0.350 e. The molecule has 0 fully saturated rings. The van der Waals surface area contributed by atoms with E-state index in [1.54, 1.807) is 42.9 Å². The van der Waals surface area contributed by atoms with Crippen molar-refractivity contribution in [3.63, 3.8) is 0 Å². The number of fused-ring (bicyclic) bond motifs is 1. The van der Waals surface area contributed by atoms with Crippen LogP contribution in [0.1, 0.15) is 26.7 Å². The highest BCUT2D eigenvalue weighted by atomic mass is 32.1. The average Bonchev–Trinajstić information content (AvgIpc) is 3.39. The number of hydrogen-bond donors (Lipinski definition) is 2. The molecule has 3 aromatic heterocycles. The number of aryl methyl sites for hydroxylation is 2. The molecule has 2 amide bonds. The number of primary amides is 1. The molecule has 0 bridgehead atoms. The largest absolute Gasteiger partial charge is 0.366 e. The molecule has 10 heteroatoms. The number of pyridine rings is 1. The summed E-state index contributed by atoms with van der Waals surface area (Å²) in [5.41, 5.74) is 7.85. The van der Waals surface area contributed by atoms with Crippen molar-refractivity contribution in [2.24, 2.45) is 12.8 Å². The molecule has 0 atom stereocenters. The van der Waals surface area contributed by atoms with Crippen LogP contribution in [0.4, 0.5) is 5.69 Å². The molecule has 35 heavy (non-hydrogen) atoms. The van der Waals surface area contributed by atoms with Gasteiger partial charge in [-0.05, 0) is 60.3 Å². The lowest BCUT2D eigenvalue weighted by Gasteiger charge is -2.06. The third kappa shape index (κ3) is 4.11. The summed E-state index contributed by atoms with van der Waals surface area (Å²) >= 11 is 1.45. The molecule has 9 nitrogen and oxygen atoms in total. The molecule has 0 unspecified atom stereocenters. The van der Waals surface area contributed by atoms with E-state index >= 15 is 0 Å². The Kier molecular flexibility index (Phi) is 5.50. The number of benzene rings is 2. The van der Waals surface area contributed by atoms with Crippen molar-refractivity contribution in [1.82, 2.24) is 19.3 Å². The molecule has 0 aliphatic heterocycles. The molecule has 0 aliphatic rings. The molecule has 0 radical (unpaired) electrons. The Labute approximate surface area is 203 Å². The Morgan fingerprint density at radius 2 is 1.83 bits per heavy atom. The molecule has 174 valence electrons. The quantitative estimate of drug-likeness (QED) is 0.395. The van der Waals surface area contributed by atoms with Crippen molar-refractivity contribution in [3.05, 3.63) is 94.4 Å². The van der Waals surface area contributed by atoms with E-state index in [4.69, 9.17) is 5.73 Å². The number of carbonyl (C=O) groups excluding carboxylic acids is 2. The molecule has 3 heterocycles. The molecule has 2 aromatic carbocycles. The summed E-state index contributed by atoms with van der Waals surface area (Å²) in [5, 5.41) is 7.85. The van der Waals surface area contributed by atoms with Crippen LogP contribution >= 0.6 is 11.3 Å². The molecule has 0 saturated heterocycles. The van der Waals surface area contributed by atoms with Crippen LogP contribution < -0.4 is 16.7 Å².